The molecule has 0 atom stereocenters. The minimum absolute atomic E-state index is 0.0135. The van der Waals surface area contributed by atoms with E-state index in [2.05, 4.69) is 0 Å². The van der Waals surface area contributed by atoms with Crippen LogP contribution in [0.2, 0.25) is 0 Å². The summed E-state index contributed by atoms with van der Waals surface area (Å²) in [5.74, 6) is 0.0361. The molecule has 9 nitrogen and oxygen atoms in total. The van der Waals surface area contributed by atoms with Gasteiger partial charge in [-0.3, -0.25) is 14.9 Å². The molecule has 0 amide bonds. The Morgan fingerprint density at radius 2 is 1.69 bits per heavy atom. The highest BCUT2D eigenvalue weighted by molar-refractivity contribution is 5.97. The summed E-state index contributed by atoms with van der Waals surface area (Å²) in [5.41, 5.74) is 1.07. The van der Waals surface area contributed by atoms with Crippen molar-refractivity contribution in [1.82, 2.24) is 0 Å². The fourth-order valence-corrected chi connectivity index (χ4v) is 3.50. The number of ether oxygens (including phenoxy) is 3. The van der Waals surface area contributed by atoms with Crippen LogP contribution in [0.5, 0.6) is 11.5 Å². The third-order valence-electron chi connectivity index (χ3n) is 5.26. The maximum absolute atomic E-state index is 13.4. The first kappa shape index (κ1) is 23.5. The molecule has 4 rings (SSSR count). The number of nitro groups is 1. The van der Waals surface area contributed by atoms with Crippen LogP contribution >= 0.6 is 0 Å². The predicted molar refractivity (Wildman–Crippen MR) is 128 cm³/mol. The largest absolute Gasteiger partial charge is 0.497 e. The van der Waals surface area contributed by atoms with Gasteiger partial charge in [-0.2, -0.15) is 0 Å². The number of esters is 1. The molecule has 3 aromatic carbocycles. The van der Waals surface area contributed by atoms with Gasteiger partial charge < -0.3 is 18.6 Å². The van der Waals surface area contributed by atoms with Gasteiger partial charge in [0.15, 0.2) is 0 Å². The van der Waals surface area contributed by atoms with E-state index in [1.54, 1.807) is 55.5 Å². The maximum atomic E-state index is 13.4. The normalized spacial score (nSPS) is 10.7. The van der Waals surface area contributed by atoms with E-state index in [0.717, 1.165) is 5.56 Å². The molecule has 35 heavy (non-hydrogen) atoms. The molecule has 0 aliphatic rings. The summed E-state index contributed by atoms with van der Waals surface area (Å²) in [5, 5.41) is 11.1. The van der Waals surface area contributed by atoms with Crippen LogP contribution in [0.25, 0.3) is 22.1 Å². The summed E-state index contributed by atoms with van der Waals surface area (Å²) in [6.45, 7) is 1.91. The molecule has 0 saturated carbocycles. The molecule has 4 aromatic rings. The van der Waals surface area contributed by atoms with E-state index in [4.69, 9.17) is 18.6 Å². The molecule has 1 aromatic heterocycles. The summed E-state index contributed by atoms with van der Waals surface area (Å²) in [7, 11) is 1.53. The van der Waals surface area contributed by atoms with Crippen molar-refractivity contribution in [2.75, 3.05) is 13.7 Å². The van der Waals surface area contributed by atoms with Gasteiger partial charge in [-0.1, -0.05) is 12.1 Å². The van der Waals surface area contributed by atoms with Gasteiger partial charge in [-0.15, -0.1) is 0 Å². The van der Waals surface area contributed by atoms with Gasteiger partial charge in [-0.05, 0) is 54.4 Å². The zero-order valence-electron chi connectivity index (χ0n) is 19.0. The number of carbonyl (C=O) groups is 1. The Kier molecular flexibility index (Phi) is 6.77. The molecule has 0 unspecified atom stereocenters. The second-order valence-electron chi connectivity index (χ2n) is 7.45. The predicted octanol–water partition coefficient (Wildman–Crippen LogP) is 5.13. The molecule has 0 saturated heterocycles. The van der Waals surface area contributed by atoms with Crippen molar-refractivity contribution in [3.63, 3.8) is 0 Å². The molecule has 0 aliphatic heterocycles. The SMILES string of the molecule is CCOC(=O)c1oc2cc(OCc3ccc([N+](=O)[O-])cc3)ccc2c(=O)c1-c1ccc(OC)cc1. The molecule has 178 valence electrons. The minimum Gasteiger partial charge on any atom is -0.497 e. The lowest BCUT2D eigenvalue weighted by molar-refractivity contribution is -0.384. The van der Waals surface area contributed by atoms with Crippen molar-refractivity contribution in [2.45, 2.75) is 13.5 Å². The number of non-ortho nitro benzene ring substituents is 1. The molecule has 9 heteroatoms. The van der Waals surface area contributed by atoms with Gasteiger partial charge in [0.25, 0.3) is 5.69 Å². The van der Waals surface area contributed by atoms with Gasteiger partial charge >= 0.3 is 5.97 Å². The van der Waals surface area contributed by atoms with Gasteiger partial charge in [0.1, 0.15) is 23.7 Å². The summed E-state index contributed by atoms with van der Waals surface area (Å²) in [6, 6.07) is 17.4. The zero-order chi connectivity index (χ0) is 24.9. The Labute approximate surface area is 199 Å². The van der Waals surface area contributed by atoms with Gasteiger partial charge in [0, 0.05) is 18.2 Å². The minimum atomic E-state index is -0.755. The Morgan fingerprint density at radius 3 is 2.31 bits per heavy atom. The third-order valence-corrected chi connectivity index (χ3v) is 5.26. The fraction of sp³-hybridized carbons (Fsp3) is 0.154. The summed E-state index contributed by atoms with van der Waals surface area (Å²) < 4.78 is 21.9. The molecule has 0 bridgehead atoms. The van der Waals surface area contributed by atoms with Crippen LogP contribution in [0, 0.1) is 10.1 Å². The Bertz CT molecular complexity index is 1440. The number of nitrogens with zero attached hydrogens (tertiary/aromatic N) is 1. The number of benzene rings is 3. The lowest BCUT2D eigenvalue weighted by Crippen LogP contribution is -2.15. The van der Waals surface area contributed by atoms with Crippen LogP contribution < -0.4 is 14.9 Å². The van der Waals surface area contributed by atoms with E-state index < -0.39 is 10.9 Å². The molecule has 0 fully saturated rings. The highest BCUT2D eigenvalue weighted by Gasteiger charge is 2.23. The van der Waals surface area contributed by atoms with Gasteiger partial charge in [0.05, 0.1) is 29.6 Å². The number of rotatable bonds is 8. The van der Waals surface area contributed by atoms with Crippen molar-refractivity contribution in [2.24, 2.45) is 0 Å². The lowest BCUT2D eigenvalue weighted by Gasteiger charge is -2.11. The number of hydrogen-bond acceptors (Lipinski definition) is 8. The molecular formula is C26H21NO8. The summed E-state index contributed by atoms with van der Waals surface area (Å²) in [6.07, 6.45) is 0. The van der Waals surface area contributed by atoms with E-state index in [1.165, 1.54) is 25.3 Å². The molecule has 1 heterocycles. The number of methoxy groups -OCH3 is 1. The number of fused-ring (bicyclic) bond motifs is 1. The van der Waals surface area contributed by atoms with E-state index >= 15 is 0 Å². The first-order valence-electron chi connectivity index (χ1n) is 10.7. The Morgan fingerprint density at radius 1 is 1.00 bits per heavy atom. The summed E-state index contributed by atoms with van der Waals surface area (Å²) in [4.78, 5) is 36.4. The van der Waals surface area contributed by atoms with E-state index in [9.17, 15) is 19.7 Å². The smallest absolute Gasteiger partial charge is 0.375 e. The maximum Gasteiger partial charge on any atom is 0.375 e. The Hall–Kier alpha value is -4.66. The lowest BCUT2D eigenvalue weighted by atomic mass is 10.0. The van der Waals surface area contributed by atoms with E-state index in [1.807, 2.05) is 0 Å². The van der Waals surface area contributed by atoms with Crippen LogP contribution in [0.15, 0.2) is 75.9 Å². The summed E-state index contributed by atoms with van der Waals surface area (Å²) >= 11 is 0. The van der Waals surface area contributed by atoms with Crippen LogP contribution in [0.4, 0.5) is 5.69 Å². The van der Waals surface area contributed by atoms with Crippen LogP contribution in [-0.2, 0) is 11.3 Å². The fourth-order valence-electron chi connectivity index (χ4n) is 3.50. The molecule has 0 spiro atoms. The van der Waals surface area contributed by atoms with Crippen molar-refractivity contribution < 1.29 is 28.3 Å². The highest BCUT2D eigenvalue weighted by atomic mass is 16.6. The van der Waals surface area contributed by atoms with Crippen LogP contribution in [0.3, 0.4) is 0 Å². The number of hydrogen-bond donors (Lipinski definition) is 0. The first-order valence-corrected chi connectivity index (χ1v) is 10.7. The van der Waals surface area contributed by atoms with Crippen LogP contribution in [-0.4, -0.2) is 24.6 Å². The third kappa shape index (κ3) is 4.98. The average Bonchev–Trinajstić information content (AvgIpc) is 2.87. The van der Waals surface area contributed by atoms with Crippen molar-refractivity contribution in [3.8, 4) is 22.6 Å². The van der Waals surface area contributed by atoms with Gasteiger partial charge in [-0.25, -0.2) is 4.79 Å². The molecule has 0 N–H and O–H groups in total. The van der Waals surface area contributed by atoms with E-state index in [0.29, 0.717) is 17.1 Å². The average molecular weight is 475 g/mol. The van der Waals surface area contributed by atoms with Crippen molar-refractivity contribution in [3.05, 3.63) is 98.4 Å². The molecule has 0 radical (unpaired) electrons. The first-order chi connectivity index (χ1) is 16.9. The quantitative estimate of drug-likeness (QED) is 0.195. The zero-order valence-corrected chi connectivity index (χ0v) is 19.0. The standard InChI is InChI=1S/C26H21NO8/c1-3-33-26(29)25-23(17-6-10-19(32-2)11-7-17)24(28)21-13-12-20(14-22(21)35-25)34-15-16-4-8-18(9-5-16)27(30)31/h4-14H,3,15H2,1-2H3. The number of carbonyl (C=O) groups excluding carboxylic acids is 1. The van der Waals surface area contributed by atoms with Crippen molar-refractivity contribution in [1.29, 1.82) is 0 Å². The van der Waals surface area contributed by atoms with Crippen LogP contribution in [0.1, 0.15) is 23.0 Å². The van der Waals surface area contributed by atoms with Gasteiger partial charge in [0.2, 0.25) is 11.2 Å². The molecule has 0 aliphatic carbocycles. The number of nitro benzene ring substituents is 1. The topological polar surface area (TPSA) is 118 Å². The second kappa shape index (κ2) is 10.1. The highest BCUT2D eigenvalue weighted by Crippen LogP contribution is 2.29. The van der Waals surface area contributed by atoms with Crippen molar-refractivity contribution >= 4 is 22.6 Å². The second-order valence-corrected chi connectivity index (χ2v) is 7.45. The Balaban J connectivity index is 1.71. The molecular weight excluding hydrogens is 454 g/mol. The van der Waals surface area contributed by atoms with E-state index in [-0.39, 0.29) is 46.6 Å². The monoisotopic (exact) mass is 475 g/mol.